The number of thiophene rings is 2. The Morgan fingerprint density at radius 3 is 2.73 bits per heavy atom. The number of nitrogens with zero attached hydrogens (tertiary/aromatic N) is 3. The number of aryl methyl sites for hydroxylation is 1. The molecular formula is C24H20BrF3N4O3S2. The van der Waals surface area contributed by atoms with Crippen LogP contribution in [0.15, 0.2) is 28.1 Å². The Morgan fingerprint density at radius 1 is 1.24 bits per heavy atom. The van der Waals surface area contributed by atoms with Gasteiger partial charge in [-0.2, -0.15) is 18.3 Å². The second-order valence-corrected chi connectivity index (χ2v) is 11.2. The lowest BCUT2D eigenvalue weighted by molar-refractivity contribution is -0.142. The maximum Gasteiger partial charge on any atom is 0.433 e. The summed E-state index contributed by atoms with van der Waals surface area (Å²) < 4.78 is 47.8. The van der Waals surface area contributed by atoms with Crippen LogP contribution in [0.2, 0.25) is 0 Å². The van der Waals surface area contributed by atoms with Gasteiger partial charge < -0.3 is 10.1 Å². The van der Waals surface area contributed by atoms with E-state index in [1.807, 2.05) is 0 Å². The third kappa shape index (κ3) is 4.91. The number of carbonyl (C=O) groups excluding carboxylic acids is 2. The van der Waals surface area contributed by atoms with Gasteiger partial charge in [0.1, 0.15) is 5.00 Å². The molecule has 0 bridgehead atoms. The fraction of sp³-hybridized carbons (Fsp3) is 0.333. The van der Waals surface area contributed by atoms with Crippen LogP contribution in [-0.2, 0) is 23.8 Å². The van der Waals surface area contributed by atoms with E-state index in [9.17, 15) is 22.8 Å². The summed E-state index contributed by atoms with van der Waals surface area (Å²) in [5.41, 5.74) is -0.182. The first-order chi connectivity index (χ1) is 17.7. The van der Waals surface area contributed by atoms with Crippen LogP contribution < -0.4 is 5.32 Å². The minimum absolute atomic E-state index is 0.0183. The summed E-state index contributed by atoms with van der Waals surface area (Å²) in [5.74, 6) is -1.29. The highest BCUT2D eigenvalue weighted by Gasteiger charge is 2.37. The van der Waals surface area contributed by atoms with Crippen molar-refractivity contribution in [1.29, 1.82) is 0 Å². The van der Waals surface area contributed by atoms with Gasteiger partial charge in [-0.05, 0) is 71.6 Å². The first-order valence-corrected chi connectivity index (χ1v) is 14.0. The predicted octanol–water partition coefficient (Wildman–Crippen LogP) is 7.00. The lowest BCUT2D eigenvalue weighted by atomic mass is 10.1. The van der Waals surface area contributed by atoms with E-state index >= 15 is 0 Å². The molecule has 5 rings (SSSR count). The van der Waals surface area contributed by atoms with Crippen LogP contribution in [0, 0.1) is 0 Å². The Bertz CT molecular complexity index is 1500. The van der Waals surface area contributed by atoms with Crippen molar-refractivity contribution >= 4 is 61.1 Å². The molecule has 1 N–H and O–H groups in total. The molecule has 194 valence electrons. The molecule has 4 aromatic rings. The molecule has 0 spiro atoms. The summed E-state index contributed by atoms with van der Waals surface area (Å²) in [4.78, 5) is 32.0. The van der Waals surface area contributed by atoms with Gasteiger partial charge in [-0.3, -0.25) is 4.79 Å². The molecule has 1 aliphatic rings. The third-order valence-corrected chi connectivity index (χ3v) is 8.77. The SMILES string of the molecule is CCOC(=O)c1c(NC(=O)c2nn3c(C(F)(F)F)cc(-c4cccs4)nc3c2Br)sc2c1CCCCC2. The molecule has 37 heavy (non-hydrogen) atoms. The van der Waals surface area contributed by atoms with Crippen molar-refractivity contribution < 1.29 is 27.5 Å². The number of nitrogens with one attached hydrogen (secondary N) is 1. The van der Waals surface area contributed by atoms with Crippen molar-refractivity contribution in [1.82, 2.24) is 14.6 Å². The van der Waals surface area contributed by atoms with Gasteiger partial charge in [-0.15, -0.1) is 22.7 Å². The molecule has 0 saturated heterocycles. The Hall–Kier alpha value is -2.77. The maximum absolute atomic E-state index is 14.0. The fourth-order valence-corrected chi connectivity index (χ4v) is 6.78. The normalized spacial score (nSPS) is 13.9. The quantitative estimate of drug-likeness (QED) is 0.194. The van der Waals surface area contributed by atoms with Crippen molar-refractivity contribution in [2.75, 3.05) is 11.9 Å². The molecular weight excluding hydrogens is 593 g/mol. The topological polar surface area (TPSA) is 85.6 Å². The van der Waals surface area contributed by atoms with Gasteiger partial charge in [-0.1, -0.05) is 12.5 Å². The van der Waals surface area contributed by atoms with E-state index in [0.717, 1.165) is 42.2 Å². The molecule has 0 aromatic carbocycles. The van der Waals surface area contributed by atoms with Crippen molar-refractivity contribution in [3.63, 3.8) is 0 Å². The number of carbonyl (C=O) groups is 2. The lowest BCUT2D eigenvalue weighted by Gasteiger charge is -2.10. The zero-order valence-corrected chi connectivity index (χ0v) is 22.7. The number of halogens is 4. The standard InChI is InChI=1S/C24H20BrF3N4O3S2/c1-2-35-23(34)17-12-7-4-3-5-8-14(12)37-22(17)30-21(33)19-18(25)20-29-13(15-9-6-10-36-15)11-16(24(26,27)28)32(20)31-19/h6,9-11H,2-5,7-8H2,1H3,(H,30,33). The van der Waals surface area contributed by atoms with Crippen molar-refractivity contribution in [2.24, 2.45) is 0 Å². The second-order valence-electron chi connectivity index (χ2n) is 8.34. The lowest BCUT2D eigenvalue weighted by Crippen LogP contribution is -2.17. The molecule has 0 aliphatic heterocycles. The highest BCUT2D eigenvalue weighted by molar-refractivity contribution is 9.10. The largest absolute Gasteiger partial charge is 0.462 e. The van der Waals surface area contributed by atoms with Crippen LogP contribution in [-0.4, -0.2) is 33.1 Å². The van der Waals surface area contributed by atoms with Crippen LogP contribution in [0.25, 0.3) is 16.2 Å². The average molecular weight is 613 g/mol. The van der Waals surface area contributed by atoms with E-state index in [0.29, 0.717) is 26.4 Å². The summed E-state index contributed by atoms with van der Waals surface area (Å²) in [6.07, 6.45) is -0.334. The van der Waals surface area contributed by atoms with E-state index in [1.165, 1.54) is 22.7 Å². The number of aromatic nitrogens is 3. The summed E-state index contributed by atoms with van der Waals surface area (Å²) in [6.45, 7) is 1.87. The number of hydrogen-bond donors (Lipinski definition) is 1. The highest BCUT2D eigenvalue weighted by atomic mass is 79.9. The molecule has 4 aromatic heterocycles. The van der Waals surface area contributed by atoms with Crippen molar-refractivity contribution in [2.45, 2.75) is 45.2 Å². The number of anilines is 1. The number of rotatable bonds is 5. The van der Waals surface area contributed by atoms with E-state index in [1.54, 1.807) is 24.4 Å². The zero-order valence-electron chi connectivity index (χ0n) is 19.4. The zero-order chi connectivity index (χ0) is 26.3. The molecule has 1 amide bonds. The third-order valence-electron chi connectivity index (χ3n) is 5.94. The van der Waals surface area contributed by atoms with Gasteiger partial charge in [0.2, 0.25) is 0 Å². The van der Waals surface area contributed by atoms with Gasteiger partial charge in [0, 0.05) is 4.88 Å². The number of hydrogen-bond acceptors (Lipinski definition) is 7. The molecule has 0 saturated carbocycles. The molecule has 0 atom stereocenters. The first-order valence-electron chi connectivity index (χ1n) is 11.5. The van der Waals surface area contributed by atoms with Gasteiger partial charge in [0.15, 0.2) is 17.0 Å². The maximum atomic E-state index is 14.0. The van der Waals surface area contributed by atoms with E-state index in [4.69, 9.17) is 4.74 Å². The fourth-order valence-electron chi connectivity index (χ4n) is 4.30. The predicted molar refractivity (Wildman–Crippen MR) is 138 cm³/mol. The van der Waals surface area contributed by atoms with Crippen LogP contribution >= 0.6 is 38.6 Å². The molecule has 4 heterocycles. The number of esters is 1. The van der Waals surface area contributed by atoms with E-state index in [2.05, 4.69) is 31.3 Å². The van der Waals surface area contributed by atoms with Gasteiger partial charge >= 0.3 is 12.1 Å². The summed E-state index contributed by atoms with van der Waals surface area (Å²) >= 11 is 5.79. The van der Waals surface area contributed by atoms with E-state index in [-0.39, 0.29) is 28.1 Å². The second kappa shape index (κ2) is 10.2. The molecule has 0 unspecified atom stereocenters. The van der Waals surface area contributed by atoms with Crippen LogP contribution in [0.1, 0.15) is 63.2 Å². The average Bonchev–Trinajstić information content (AvgIpc) is 3.53. The Balaban J connectivity index is 1.58. The Kier molecular flexibility index (Phi) is 7.12. The van der Waals surface area contributed by atoms with Crippen LogP contribution in [0.4, 0.5) is 18.2 Å². The minimum atomic E-state index is -4.74. The van der Waals surface area contributed by atoms with Crippen molar-refractivity contribution in [3.05, 3.63) is 55.4 Å². The summed E-state index contributed by atoms with van der Waals surface area (Å²) in [7, 11) is 0. The first kappa shape index (κ1) is 25.9. The number of fused-ring (bicyclic) bond motifs is 2. The summed E-state index contributed by atoms with van der Waals surface area (Å²) in [5, 5.41) is 8.73. The van der Waals surface area contributed by atoms with Crippen LogP contribution in [0.5, 0.6) is 0 Å². The monoisotopic (exact) mass is 612 g/mol. The van der Waals surface area contributed by atoms with Crippen LogP contribution in [0.3, 0.4) is 0 Å². The molecule has 0 radical (unpaired) electrons. The van der Waals surface area contributed by atoms with Gasteiger partial charge in [0.05, 0.1) is 27.2 Å². The highest BCUT2D eigenvalue weighted by Crippen LogP contribution is 2.39. The number of amides is 1. The van der Waals surface area contributed by atoms with E-state index < -0.39 is 23.7 Å². The Labute approximate surface area is 225 Å². The number of alkyl halides is 3. The number of ether oxygens (including phenoxy) is 1. The van der Waals surface area contributed by atoms with Gasteiger partial charge in [-0.25, -0.2) is 14.3 Å². The molecule has 7 nitrogen and oxygen atoms in total. The Morgan fingerprint density at radius 2 is 2.03 bits per heavy atom. The van der Waals surface area contributed by atoms with Gasteiger partial charge in [0.25, 0.3) is 5.91 Å². The van der Waals surface area contributed by atoms with Crippen molar-refractivity contribution in [3.8, 4) is 10.6 Å². The summed E-state index contributed by atoms with van der Waals surface area (Å²) in [6, 6.07) is 4.29. The molecule has 13 heteroatoms. The smallest absolute Gasteiger partial charge is 0.433 e. The molecule has 1 aliphatic carbocycles. The minimum Gasteiger partial charge on any atom is -0.462 e. The molecule has 0 fully saturated rings.